The maximum absolute atomic E-state index is 9.06. The van der Waals surface area contributed by atoms with E-state index in [0.29, 0.717) is 28.8 Å². The molecule has 6 heteroatoms. The van der Waals surface area contributed by atoms with Crippen molar-refractivity contribution in [3.8, 4) is 51.1 Å². The zero-order chi connectivity index (χ0) is 55.3. The number of fused-ring (bicyclic) bond motifs is 4. The van der Waals surface area contributed by atoms with Crippen LogP contribution in [0.25, 0.3) is 49.9 Å². The third-order valence-electron chi connectivity index (χ3n) is 12.4. The van der Waals surface area contributed by atoms with E-state index in [4.69, 9.17) is 28.2 Å². The molecule has 334 valence electrons. The van der Waals surface area contributed by atoms with Gasteiger partial charge in [0, 0.05) is 52.0 Å². The first-order valence-electron chi connectivity index (χ1n) is 27.6. The number of nitrogens with zero attached hydrogens (tertiary/aromatic N) is 4. The van der Waals surface area contributed by atoms with Gasteiger partial charge in [0.05, 0.1) is 41.8 Å². The number of benzene rings is 8. The van der Waals surface area contributed by atoms with Crippen LogP contribution in [-0.4, -0.2) is 16.2 Å². The summed E-state index contributed by atoms with van der Waals surface area (Å²) in [5.41, 5.74) is 6.69. The molecule has 0 N–H and O–H groups in total. The topological polar surface area (TPSA) is 42.8 Å². The molecule has 68 heavy (non-hydrogen) atoms. The number of pyridine rings is 1. The first-order valence-corrected chi connectivity index (χ1v) is 22.6. The zero-order valence-electron chi connectivity index (χ0n) is 48.7. The minimum Gasteiger partial charge on any atom is -0.457 e. The number of aromatic nitrogens is 2. The lowest BCUT2D eigenvalue weighted by atomic mass is 9.80. The van der Waals surface area contributed by atoms with Crippen molar-refractivity contribution in [2.75, 3.05) is 16.5 Å². The van der Waals surface area contributed by atoms with Crippen molar-refractivity contribution in [3.05, 3.63) is 217 Å². The van der Waals surface area contributed by atoms with Crippen molar-refractivity contribution in [1.29, 1.82) is 0 Å². The van der Waals surface area contributed by atoms with E-state index in [1.54, 1.807) is 24.4 Å². The Kier molecular flexibility index (Phi) is 8.12. The molecule has 11 rings (SSSR count). The number of hydrogen-bond donors (Lipinski definition) is 0. The fourth-order valence-corrected chi connectivity index (χ4v) is 8.99. The number of rotatable bonds is 9. The van der Waals surface area contributed by atoms with Crippen LogP contribution in [0.3, 0.4) is 0 Å². The lowest BCUT2D eigenvalue weighted by molar-refractivity contribution is 0.472. The molecule has 2 aromatic heterocycles. The van der Waals surface area contributed by atoms with Gasteiger partial charge in [-0.15, -0.1) is 0 Å². The Bertz CT molecular complexity index is 3910. The number of hydrogen-bond acceptors (Lipinski definition) is 5. The van der Waals surface area contributed by atoms with Crippen LogP contribution in [0.4, 0.5) is 22.7 Å². The standard InChI is InChI=1S/C62H54N4O2/c1-61(2,3)44-35-45(62(4,5)6)37-50(36-44)68-49-33-34-63-59(40-49)66-55-28-14-13-25-53(55)54-32-31-48(39-58(54)66)67-47-24-17-23-46(38-47)64-41-65(57-30-16-15-29-56(57)64)60-51(42-19-9-7-10-20-42)26-18-27-52(60)43-21-11-8-12-22-43/h7-40H,41H2,1-6H3/i7D,8D,9D,10D,11D,12D,19D,20D,21D,22D. The molecule has 8 aromatic carbocycles. The molecule has 0 saturated heterocycles. The van der Waals surface area contributed by atoms with Gasteiger partial charge in [0.1, 0.15) is 35.5 Å². The van der Waals surface area contributed by atoms with E-state index < -0.39 is 60.4 Å². The van der Waals surface area contributed by atoms with Crippen LogP contribution in [0, 0.1) is 0 Å². The SMILES string of the molecule is [2H]c1c([2H])c([2H])c(-c2cccc(-c3c([2H])c([2H])c([2H])c([2H])c3[2H])c2N2CN(c3cccc(Oc4ccc5c6ccccc6n(-c6cc(Oc7cc(C(C)(C)C)cc(C(C)(C)C)c7)ccn6)c5c4)c3)c3ccccc32)c([2H])c1[2H]. The summed E-state index contributed by atoms with van der Waals surface area (Å²) < 4.78 is 103. The average Bonchev–Trinajstić information content (AvgIpc) is 4.13. The van der Waals surface area contributed by atoms with Crippen molar-refractivity contribution in [3.63, 3.8) is 0 Å². The van der Waals surface area contributed by atoms with Crippen LogP contribution < -0.4 is 19.3 Å². The predicted molar refractivity (Wildman–Crippen MR) is 282 cm³/mol. The summed E-state index contributed by atoms with van der Waals surface area (Å²) >= 11 is 0. The van der Waals surface area contributed by atoms with Crippen LogP contribution >= 0.6 is 0 Å². The maximum Gasteiger partial charge on any atom is 0.141 e. The Balaban J connectivity index is 0.979. The van der Waals surface area contributed by atoms with Crippen LogP contribution in [-0.2, 0) is 10.8 Å². The highest BCUT2D eigenvalue weighted by Crippen LogP contribution is 2.50. The van der Waals surface area contributed by atoms with Gasteiger partial charge in [0.2, 0.25) is 0 Å². The Morgan fingerprint density at radius 3 is 1.74 bits per heavy atom. The molecule has 3 heterocycles. The molecule has 0 aliphatic carbocycles. The van der Waals surface area contributed by atoms with Crippen LogP contribution in [0.5, 0.6) is 23.0 Å². The van der Waals surface area contributed by atoms with Gasteiger partial charge in [-0.2, -0.15) is 0 Å². The van der Waals surface area contributed by atoms with Crippen LogP contribution in [0.1, 0.15) is 66.4 Å². The molecule has 6 nitrogen and oxygen atoms in total. The summed E-state index contributed by atoms with van der Waals surface area (Å²) in [5, 5.41) is 2.05. The molecule has 0 saturated carbocycles. The van der Waals surface area contributed by atoms with Gasteiger partial charge in [-0.1, -0.05) is 163 Å². The van der Waals surface area contributed by atoms with E-state index in [2.05, 4.69) is 76.4 Å². The zero-order valence-corrected chi connectivity index (χ0v) is 38.7. The minimum atomic E-state index is -0.555. The molecule has 0 fully saturated rings. The molecule has 10 aromatic rings. The average molecular weight is 897 g/mol. The van der Waals surface area contributed by atoms with E-state index in [9.17, 15) is 0 Å². The van der Waals surface area contributed by atoms with Gasteiger partial charge < -0.3 is 19.3 Å². The Morgan fingerprint density at radius 1 is 0.485 bits per heavy atom. The first kappa shape index (κ1) is 32.6. The number of para-hydroxylation sites is 4. The highest BCUT2D eigenvalue weighted by atomic mass is 16.5. The molecule has 0 amide bonds. The minimum absolute atomic E-state index is 0.0866. The monoisotopic (exact) mass is 896 g/mol. The maximum atomic E-state index is 9.06. The number of ether oxygens (including phenoxy) is 2. The second-order valence-electron chi connectivity index (χ2n) is 19.0. The van der Waals surface area contributed by atoms with E-state index in [-0.39, 0.29) is 45.4 Å². The van der Waals surface area contributed by atoms with E-state index in [1.807, 2.05) is 101 Å². The Morgan fingerprint density at radius 2 is 1.06 bits per heavy atom. The lowest BCUT2D eigenvalue weighted by Gasteiger charge is -2.27. The van der Waals surface area contributed by atoms with Gasteiger partial charge >= 0.3 is 0 Å². The van der Waals surface area contributed by atoms with Crippen LogP contribution in [0.15, 0.2) is 206 Å². The fourth-order valence-electron chi connectivity index (χ4n) is 8.99. The van der Waals surface area contributed by atoms with Crippen LogP contribution in [0.2, 0.25) is 0 Å². The highest BCUT2D eigenvalue weighted by Gasteiger charge is 2.31. The smallest absolute Gasteiger partial charge is 0.141 e. The van der Waals surface area contributed by atoms with Crippen molar-refractivity contribution < 1.29 is 23.2 Å². The summed E-state index contributed by atoms with van der Waals surface area (Å²) in [5.74, 6) is 3.17. The van der Waals surface area contributed by atoms with E-state index in [0.717, 1.165) is 38.9 Å². The molecule has 0 unspecified atom stereocenters. The lowest BCUT2D eigenvalue weighted by Crippen LogP contribution is -2.24. The molecular weight excluding hydrogens is 833 g/mol. The highest BCUT2D eigenvalue weighted by molar-refractivity contribution is 6.09. The largest absolute Gasteiger partial charge is 0.457 e. The summed E-state index contributed by atoms with van der Waals surface area (Å²) in [4.78, 5) is 8.81. The van der Waals surface area contributed by atoms with Gasteiger partial charge in [0.15, 0.2) is 0 Å². The van der Waals surface area contributed by atoms with E-state index >= 15 is 0 Å². The molecule has 0 radical (unpaired) electrons. The summed E-state index contributed by atoms with van der Waals surface area (Å²) in [6, 6.07) is 39.6. The molecule has 0 bridgehead atoms. The molecule has 1 aliphatic heterocycles. The van der Waals surface area contributed by atoms with Crippen molar-refractivity contribution >= 4 is 44.6 Å². The molecule has 0 spiro atoms. The summed E-state index contributed by atoms with van der Waals surface area (Å²) in [6.07, 6.45) is 1.76. The van der Waals surface area contributed by atoms with Crippen molar-refractivity contribution in [1.82, 2.24) is 9.55 Å². The van der Waals surface area contributed by atoms with Crippen molar-refractivity contribution in [2.45, 2.75) is 52.4 Å². The number of anilines is 4. The molecule has 0 atom stereocenters. The van der Waals surface area contributed by atoms with Gasteiger partial charge in [0.25, 0.3) is 0 Å². The van der Waals surface area contributed by atoms with E-state index in [1.165, 1.54) is 11.1 Å². The Labute approximate surface area is 413 Å². The van der Waals surface area contributed by atoms with Gasteiger partial charge in [-0.05, 0) is 93.7 Å². The third-order valence-corrected chi connectivity index (χ3v) is 12.4. The summed E-state index contributed by atoms with van der Waals surface area (Å²) in [7, 11) is 0. The van der Waals surface area contributed by atoms with Crippen molar-refractivity contribution in [2.24, 2.45) is 0 Å². The summed E-state index contributed by atoms with van der Waals surface area (Å²) in [6.45, 7) is 13.3. The fraction of sp³-hybridized carbons (Fsp3) is 0.145. The second kappa shape index (κ2) is 17.0. The molecular formula is C62H54N4O2. The predicted octanol–water partition coefficient (Wildman–Crippen LogP) is 16.9. The third kappa shape index (κ3) is 8.02. The Hall–Kier alpha value is -8.09. The normalized spacial score (nSPS) is 14.8. The first-order chi connectivity index (χ1) is 37.1. The quantitative estimate of drug-likeness (QED) is 0.144. The van der Waals surface area contributed by atoms with Gasteiger partial charge in [-0.25, -0.2) is 4.98 Å². The molecule has 1 aliphatic rings. The second-order valence-corrected chi connectivity index (χ2v) is 19.0. The van der Waals surface area contributed by atoms with Gasteiger partial charge in [-0.3, -0.25) is 4.57 Å².